The van der Waals surface area contributed by atoms with Crippen molar-refractivity contribution in [2.45, 2.75) is 18.7 Å². The van der Waals surface area contributed by atoms with Gasteiger partial charge in [0.25, 0.3) is 0 Å². The first kappa shape index (κ1) is 20.4. The second kappa shape index (κ2) is 8.20. The van der Waals surface area contributed by atoms with Crippen molar-refractivity contribution in [2.75, 3.05) is 14.2 Å². The number of hydrogen-bond donors (Lipinski definition) is 0. The molecule has 0 spiro atoms. The predicted octanol–water partition coefficient (Wildman–Crippen LogP) is 6.47. The van der Waals surface area contributed by atoms with E-state index >= 15 is 0 Å². The highest BCUT2D eigenvalue weighted by Gasteiger charge is 2.41. The van der Waals surface area contributed by atoms with Gasteiger partial charge in [0.2, 0.25) is 6.23 Å². The first-order valence-electron chi connectivity index (χ1n) is 9.87. The fourth-order valence-corrected chi connectivity index (χ4v) is 4.74. The zero-order valence-corrected chi connectivity index (χ0v) is 20.2. The average Bonchev–Trinajstić information content (AvgIpc) is 3.24. The SMILES string of the molecule is COc1ccc(C2Oc3ccc(Br)cc3C3CC(c4ccc(Br)cc4)=NN32)cc1OC. The number of halogens is 2. The van der Waals surface area contributed by atoms with Gasteiger partial charge in [-0.25, -0.2) is 5.01 Å². The molecule has 0 saturated heterocycles. The number of benzene rings is 3. The number of hydrazone groups is 1. The summed E-state index contributed by atoms with van der Waals surface area (Å²) in [5.74, 6) is 2.22. The van der Waals surface area contributed by atoms with Crippen LogP contribution in [0.1, 0.15) is 35.4 Å². The zero-order valence-electron chi connectivity index (χ0n) is 17.0. The van der Waals surface area contributed by atoms with Crippen LogP contribution >= 0.6 is 31.9 Å². The molecule has 7 heteroatoms. The molecular weight excluding hydrogens is 524 g/mol. The second-order valence-corrected chi connectivity index (χ2v) is 9.25. The van der Waals surface area contributed by atoms with Crippen LogP contribution in [0.25, 0.3) is 0 Å². The first-order valence-corrected chi connectivity index (χ1v) is 11.5. The van der Waals surface area contributed by atoms with Crippen LogP contribution in [-0.4, -0.2) is 24.9 Å². The molecule has 0 amide bonds. The van der Waals surface area contributed by atoms with Crippen LogP contribution in [0.2, 0.25) is 0 Å². The van der Waals surface area contributed by atoms with E-state index in [9.17, 15) is 0 Å². The lowest BCUT2D eigenvalue weighted by molar-refractivity contribution is -0.0192. The zero-order chi connectivity index (χ0) is 21.5. The van der Waals surface area contributed by atoms with Crippen LogP contribution in [-0.2, 0) is 0 Å². The number of rotatable bonds is 4. The lowest BCUT2D eigenvalue weighted by Gasteiger charge is -2.38. The summed E-state index contributed by atoms with van der Waals surface area (Å²) in [5, 5.41) is 7.08. The Bertz CT molecular complexity index is 1160. The average molecular weight is 544 g/mol. The molecule has 2 aliphatic rings. The van der Waals surface area contributed by atoms with E-state index in [0.29, 0.717) is 11.5 Å². The molecule has 0 radical (unpaired) electrons. The van der Waals surface area contributed by atoms with Gasteiger partial charge in [-0.1, -0.05) is 44.0 Å². The molecule has 5 rings (SSSR count). The highest BCUT2D eigenvalue weighted by atomic mass is 79.9. The van der Waals surface area contributed by atoms with Gasteiger partial charge in [-0.15, -0.1) is 0 Å². The number of nitrogens with zero attached hydrogens (tertiary/aromatic N) is 2. The maximum absolute atomic E-state index is 6.46. The smallest absolute Gasteiger partial charge is 0.214 e. The summed E-state index contributed by atoms with van der Waals surface area (Å²) < 4.78 is 19.5. The molecule has 2 unspecified atom stereocenters. The molecule has 0 N–H and O–H groups in total. The Balaban J connectivity index is 1.60. The van der Waals surface area contributed by atoms with E-state index in [-0.39, 0.29) is 12.3 Å². The van der Waals surface area contributed by atoms with Gasteiger partial charge in [0.05, 0.1) is 26.0 Å². The Labute approximate surface area is 197 Å². The molecule has 2 atom stereocenters. The third-order valence-corrected chi connectivity index (χ3v) is 6.64. The molecule has 2 aliphatic heterocycles. The van der Waals surface area contributed by atoms with E-state index in [2.05, 4.69) is 55.1 Å². The first-order chi connectivity index (χ1) is 15.1. The Hall–Kier alpha value is -2.51. The lowest BCUT2D eigenvalue weighted by Crippen LogP contribution is -2.33. The minimum atomic E-state index is -0.369. The summed E-state index contributed by atoms with van der Waals surface area (Å²) in [4.78, 5) is 0. The van der Waals surface area contributed by atoms with Gasteiger partial charge in [-0.2, -0.15) is 5.10 Å². The monoisotopic (exact) mass is 542 g/mol. The Morgan fingerprint density at radius 3 is 2.39 bits per heavy atom. The molecule has 3 aromatic carbocycles. The van der Waals surface area contributed by atoms with Crippen LogP contribution in [0.5, 0.6) is 17.2 Å². The van der Waals surface area contributed by atoms with Crippen molar-refractivity contribution in [3.05, 3.63) is 86.3 Å². The Morgan fingerprint density at radius 1 is 0.903 bits per heavy atom. The van der Waals surface area contributed by atoms with Gasteiger partial charge in [0, 0.05) is 26.5 Å². The minimum Gasteiger partial charge on any atom is -0.493 e. The van der Waals surface area contributed by atoms with Gasteiger partial charge in [0.15, 0.2) is 11.5 Å². The van der Waals surface area contributed by atoms with Gasteiger partial charge >= 0.3 is 0 Å². The lowest BCUT2D eigenvalue weighted by atomic mass is 9.96. The van der Waals surface area contributed by atoms with Crippen molar-refractivity contribution in [2.24, 2.45) is 5.10 Å². The minimum absolute atomic E-state index is 0.0815. The van der Waals surface area contributed by atoms with Crippen molar-refractivity contribution in [1.29, 1.82) is 0 Å². The van der Waals surface area contributed by atoms with Gasteiger partial charge < -0.3 is 14.2 Å². The highest BCUT2D eigenvalue weighted by Crippen LogP contribution is 2.49. The number of fused-ring (bicyclic) bond motifs is 3. The van der Waals surface area contributed by atoms with Crippen LogP contribution in [0.15, 0.2) is 74.7 Å². The molecule has 5 nitrogen and oxygen atoms in total. The fraction of sp³-hybridized carbons (Fsp3) is 0.208. The van der Waals surface area contributed by atoms with Crippen molar-refractivity contribution >= 4 is 37.6 Å². The normalized spacial score (nSPS) is 19.2. The van der Waals surface area contributed by atoms with Crippen molar-refractivity contribution in [3.63, 3.8) is 0 Å². The van der Waals surface area contributed by atoms with E-state index in [4.69, 9.17) is 19.3 Å². The van der Waals surface area contributed by atoms with E-state index in [1.54, 1.807) is 14.2 Å². The predicted molar refractivity (Wildman–Crippen MR) is 127 cm³/mol. The topological polar surface area (TPSA) is 43.3 Å². The van der Waals surface area contributed by atoms with E-state index in [0.717, 1.165) is 43.5 Å². The molecule has 2 heterocycles. The summed E-state index contributed by atoms with van der Waals surface area (Å²) >= 11 is 7.12. The van der Waals surface area contributed by atoms with Crippen molar-refractivity contribution < 1.29 is 14.2 Å². The molecule has 0 aromatic heterocycles. The second-order valence-electron chi connectivity index (χ2n) is 7.42. The molecule has 0 fully saturated rings. The molecular formula is C24H20Br2N2O3. The Morgan fingerprint density at radius 2 is 1.65 bits per heavy atom. The molecule has 0 saturated carbocycles. The van der Waals surface area contributed by atoms with Gasteiger partial charge in [-0.3, -0.25) is 0 Å². The summed E-state index contributed by atoms with van der Waals surface area (Å²) in [7, 11) is 3.27. The van der Waals surface area contributed by atoms with Gasteiger partial charge in [-0.05, 0) is 54.1 Å². The van der Waals surface area contributed by atoms with Crippen LogP contribution in [0.4, 0.5) is 0 Å². The third-order valence-electron chi connectivity index (χ3n) is 5.62. The van der Waals surface area contributed by atoms with Crippen LogP contribution < -0.4 is 14.2 Å². The summed E-state index contributed by atoms with van der Waals surface area (Å²) in [6.45, 7) is 0. The van der Waals surface area contributed by atoms with Crippen LogP contribution in [0.3, 0.4) is 0 Å². The standard InChI is InChI=1S/C24H20Br2N2O3/c1-29-22-9-5-15(11-23(22)30-2)24-28-20(18-12-17(26)8-10-21(18)31-24)13-19(27-28)14-3-6-16(25)7-4-14/h3-12,20,24H,13H2,1-2H3. The number of ether oxygens (including phenoxy) is 3. The quantitative estimate of drug-likeness (QED) is 0.378. The summed E-state index contributed by atoms with van der Waals surface area (Å²) in [6, 6.07) is 20.4. The molecule has 0 aliphatic carbocycles. The van der Waals surface area contributed by atoms with E-state index in [1.807, 2.05) is 42.5 Å². The van der Waals surface area contributed by atoms with Crippen LogP contribution in [0, 0.1) is 0 Å². The molecule has 31 heavy (non-hydrogen) atoms. The summed E-state index contributed by atoms with van der Waals surface area (Å²) in [5.41, 5.74) is 4.23. The maximum Gasteiger partial charge on any atom is 0.214 e. The highest BCUT2D eigenvalue weighted by molar-refractivity contribution is 9.10. The molecule has 0 bridgehead atoms. The van der Waals surface area contributed by atoms with Crippen molar-refractivity contribution in [1.82, 2.24) is 5.01 Å². The molecule has 158 valence electrons. The van der Waals surface area contributed by atoms with Gasteiger partial charge in [0.1, 0.15) is 5.75 Å². The third kappa shape index (κ3) is 3.70. The fourth-order valence-electron chi connectivity index (χ4n) is 4.10. The van der Waals surface area contributed by atoms with E-state index in [1.165, 1.54) is 0 Å². The van der Waals surface area contributed by atoms with Crippen molar-refractivity contribution in [3.8, 4) is 17.2 Å². The largest absolute Gasteiger partial charge is 0.493 e. The number of hydrogen-bond acceptors (Lipinski definition) is 5. The van der Waals surface area contributed by atoms with E-state index < -0.39 is 0 Å². The Kier molecular flexibility index (Phi) is 5.40. The maximum atomic E-state index is 6.46. The molecule has 3 aromatic rings. The summed E-state index contributed by atoms with van der Waals surface area (Å²) in [6.07, 6.45) is 0.435. The number of methoxy groups -OCH3 is 2.